The lowest BCUT2D eigenvalue weighted by atomic mass is 10.1. The number of hydrogen-bond acceptors (Lipinski definition) is 4. The van der Waals surface area contributed by atoms with Crippen LogP contribution in [0.1, 0.15) is 45.7 Å². The highest BCUT2D eigenvalue weighted by atomic mass is 16.2. The van der Waals surface area contributed by atoms with Gasteiger partial charge in [0.2, 0.25) is 5.43 Å². The van der Waals surface area contributed by atoms with Gasteiger partial charge >= 0.3 is 0 Å². The molecule has 8 heteroatoms. The Labute approximate surface area is 203 Å². The van der Waals surface area contributed by atoms with Gasteiger partial charge in [0.05, 0.1) is 5.69 Å². The number of aromatic nitrogens is 3. The Morgan fingerprint density at radius 1 is 0.886 bits per heavy atom. The van der Waals surface area contributed by atoms with E-state index < -0.39 is 17.2 Å². The molecule has 0 saturated heterocycles. The highest BCUT2D eigenvalue weighted by Crippen LogP contribution is 2.10. The minimum absolute atomic E-state index is 0.0640. The summed E-state index contributed by atoms with van der Waals surface area (Å²) in [6.07, 6.45) is 6.55. The molecule has 0 unspecified atom stereocenters. The number of amides is 2. The van der Waals surface area contributed by atoms with Crippen LogP contribution < -0.4 is 16.1 Å². The van der Waals surface area contributed by atoms with Crippen LogP contribution in [0, 0.1) is 0 Å². The first kappa shape index (κ1) is 23.7. The lowest BCUT2D eigenvalue weighted by molar-refractivity contribution is 0.0941. The number of benzene rings is 2. The predicted octanol–water partition coefficient (Wildman–Crippen LogP) is 3.15. The first-order chi connectivity index (χ1) is 16.9. The second-order valence-corrected chi connectivity index (χ2v) is 8.50. The van der Waals surface area contributed by atoms with Gasteiger partial charge in [-0.2, -0.15) is 5.10 Å². The molecule has 178 valence electrons. The quantitative estimate of drug-likeness (QED) is 0.414. The normalized spacial score (nSPS) is 10.8. The van der Waals surface area contributed by atoms with E-state index in [0.717, 1.165) is 16.8 Å². The third-order valence-electron chi connectivity index (χ3n) is 5.35. The van der Waals surface area contributed by atoms with Crippen LogP contribution in [0.15, 0.2) is 90.2 Å². The van der Waals surface area contributed by atoms with E-state index in [0.29, 0.717) is 6.54 Å². The van der Waals surface area contributed by atoms with E-state index in [2.05, 4.69) is 15.7 Å². The molecular formula is C27H27N5O3. The molecular weight excluding hydrogens is 442 g/mol. The van der Waals surface area contributed by atoms with E-state index in [4.69, 9.17) is 0 Å². The Hall–Kier alpha value is -4.46. The minimum atomic E-state index is -0.598. The number of carbonyl (C=O) groups excluding carboxylic acids is 2. The number of pyridine rings is 1. The zero-order valence-electron chi connectivity index (χ0n) is 19.6. The fourth-order valence-corrected chi connectivity index (χ4v) is 3.65. The SMILES string of the molecule is CC(C)NC(=O)c1cn(Cc2ccccc2)cc(C(=O)NCc2ccc(-n3cccn3)cc2)c1=O. The third kappa shape index (κ3) is 5.92. The Morgan fingerprint density at radius 2 is 1.57 bits per heavy atom. The highest BCUT2D eigenvalue weighted by molar-refractivity contribution is 5.99. The average Bonchev–Trinajstić information content (AvgIpc) is 3.39. The summed E-state index contributed by atoms with van der Waals surface area (Å²) < 4.78 is 3.44. The van der Waals surface area contributed by atoms with Crippen molar-refractivity contribution >= 4 is 11.8 Å². The summed E-state index contributed by atoms with van der Waals surface area (Å²) in [5.74, 6) is -1.04. The van der Waals surface area contributed by atoms with Crippen LogP contribution in [0.25, 0.3) is 5.69 Å². The maximum Gasteiger partial charge on any atom is 0.257 e. The Morgan fingerprint density at radius 3 is 2.20 bits per heavy atom. The molecule has 0 aliphatic rings. The number of hydrogen-bond donors (Lipinski definition) is 2. The molecule has 0 fully saturated rings. The summed E-state index contributed by atoms with van der Waals surface area (Å²) in [5.41, 5.74) is 2.01. The largest absolute Gasteiger partial charge is 0.350 e. The number of rotatable bonds is 8. The molecule has 0 atom stereocenters. The van der Waals surface area contributed by atoms with E-state index in [-0.39, 0.29) is 23.7 Å². The molecule has 4 rings (SSSR count). The topological polar surface area (TPSA) is 98.0 Å². The van der Waals surface area contributed by atoms with E-state index >= 15 is 0 Å². The molecule has 2 heterocycles. The van der Waals surface area contributed by atoms with E-state index in [9.17, 15) is 14.4 Å². The van der Waals surface area contributed by atoms with E-state index in [1.807, 2.05) is 80.7 Å². The monoisotopic (exact) mass is 469 g/mol. The molecule has 8 nitrogen and oxygen atoms in total. The van der Waals surface area contributed by atoms with Gasteiger partial charge in [-0.25, -0.2) is 4.68 Å². The minimum Gasteiger partial charge on any atom is -0.350 e. The van der Waals surface area contributed by atoms with Gasteiger partial charge in [-0.3, -0.25) is 14.4 Å². The maximum absolute atomic E-state index is 13.1. The summed E-state index contributed by atoms with van der Waals surface area (Å²) in [6, 6.07) is 18.9. The summed E-state index contributed by atoms with van der Waals surface area (Å²) >= 11 is 0. The molecule has 2 aromatic heterocycles. The molecule has 0 aliphatic heterocycles. The van der Waals surface area contributed by atoms with E-state index in [1.165, 1.54) is 12.4 Å². The van der Waals surface area contributed by atoms with E-state index in [1.54, 1.807) is 15.4 Å². The van der Waals surface area contributed by atoms with Crippen molar-refractivity contribution in [3.8, 4) is 5.69 Å². The van der Waals surface area contributed by atoms with Gasteiger partial charge in [0, 0.05) is 43.9 Å². The lowest BCUT2D eigenvalue weighted by Crippen LogP contribution is -2.37. The summed E-state index contributed by atoms with van der Waals surface area (Å²) in [4.78, 5) is 38.8. The zero-order chi connectivity index (χ0) is 24.8. The smallest absolute Gasteiger partial charge is 0.257 e. The van der Waals surface area contributed by atoms with Crippen molar-refractivity contribution in [2.24, 2.45) is 0 Å². The summed E-state index contributed by atoms with van der Waals surface area (Å²) in [7, 11) is 0. The van der Waals surface area contributed by atoms with Crippen molar-refractivity contribution in [2.75, 3.05) is 0 Å². The van der Waals surface area contributed by atoms with Crippen molar-refractivity contribution in [1.82, 2.24) is 25.0 Å². The average molecular weight is 470 g/mol. The van der Waals surface area contributed by atoms with Gasteiger partial charge in [0.25, 0.3) is 11.8 Å². The predicted molar refractivity (Wildman–Crippen MR) is 134 cm³/mol. The van der Waals surface area contributed by atoms with Gasteiger partial charge in [-0.1, -0.05) is 42.5 Å². The van der Waals surface area contributed by atoms with Crippen molar-refractivity contribution in [3.05, 3.63) is 118 Å². The number of nitrogens with zero attached hydrogens (tertiary/aromatic N) is 3. The fourth-order valence-electron chi connectivity index (χ4n) is 3.65. The summed E-state index contributed by atoms with van der Waals surface area (Å²) in [6.45, 7) is 4.28. The van der Waals surface area contributed by atoms with Crippen LogP contribution in [0.4, 0.5) is 0 Å². The van der Waals surface area contributed by atoms with Crippen molar-refractivity contribution in [2.45, 2.75) is 33.0 Å². The molecule has 2 amide bonds. The van der Waals surface area contributed by atoms with Crippen LogP contribution in [-0.2, 0) is 13.1 Å². The fraction of sp³-hybridized carbons (Fsp3) is 0.185. The molecule has 0 saturated carbocycles. The van der Waals surface area contributed by atoms with Gasteiger partial charge in [0.15, 0.2) is 0 Å². The second-order valence-electron chi connectivity index (χ2n) is 8.50. The van der Waals surface area contributed by atoms with Crippen LogP contribution in [0.2, 0.25) is 0 Å². The van der Waals surface area contributed by atoms with Crippen LogP contribution in [0.5, 0.6) is 0 Å². The molecule has 2 aromatic carbocycles. The third-order valence-corrected chi connectivity index (χ3v) is 5.35. The lowest BCUT2D eigenvalue weighted by Gasteiger charge is -2.14. The maximum atomic E-state index is 13.1. The molecule has 0 radical (unpaired) electrons. The van der Waals surface area contributed by atoms with Crippen LogP contribution >= 0.6 is 0 Å². The first-order valence-electron chi connectivity index (χ1n) is 11.4. The van der Waals surface area contributed by atoms with Gasteiger partial charge < -0.3 is 15.2 Å². The second kappa shape index (κ2) is 10.6. The van der Waals surface area contributed by atoms with Crippen molar-refractivity contribution in [3.63, 3.8) is 0 Å². The first-order valence-corrected chi connectivity index (χ1v) is 11.4. The zero-order valence-corrected chi connectivity index (χ0v) is 19.6. The molecule has 4 aromatic rings. The molecule has 0 spiro atoms. The molecule has 2 N–H and O–H groups in total. The molecule has 0 aliphatic carbocycles. The Kier molecular flexibility index (Phi) is 7.21. The van der Waals surface area contributed by atoms with Gasteiger partial charge in [-0.15, -0.1) is 0 Å². The molecule has 0 bridgehead atoms. The standard InChI is InChI=1S/C27H27N5O3/c1-19(2)30-27(35)24-18-31(16-21-7-4-3-5-8-21)17-23(25(24)33)26(34)28-15-20-9-11-22(12-10-20)32-14-6-13-29-32/h3-14,17-19H,15-16H2,1-2H3,(H,28,34)(H,30,35). The number of carbonyl (C=O) groups is 2. The van der Waals surface area contributed by atoms with Crippen molar-refractivity contribution in [1.29, 1.82) is 0 Å². The van der Waals surface area contributed by atoms with Crippen LogP contribution in [0.3, 0.4) is 0 Å². The van der Waals surface area contributed by atoms with Gasteiger partial charge in [0.1, 0.15) is 11.1 Å². The Balaban J connectivity index is 1.56. The molecule has 35 heavy (non-hydrogen) atoms. The highest BCUT2D eigenvalue weighted by Gasteiger charge is 2.20. The van der Waals surface area contributed by atoms with Gasteiger partial charge in [-0.05, 0) is 43.2 Å². The van der Waals surface area contributed by atoms with Crippen molar-refractivity contribution < 1.29 is 9.59 Å². The van der Waals surface area contributed by atoms with Crippen LogP contribution in [-0.4, -0.2) is 32.2 Å². The Bertz CT molecular complexity index is 1360. The number of nitrogens with one attached hydrogen (secondary N) is 2. The summed E-state index contributed by atoms with van der Waals surface area (Å²) in [5, 5.41) is 9.74.